The van der Waals surface area contributed by atoms with E-state index < -0.39 is 17.1 Å². The van der Waals surface area contributed by atoms with E-state index in [4.69, 9.17) is 5.73 Å². The molecule has 3 N–H and O–H groups in total. The minimum absolute atomic E-state index is 0.0483. The number of fused-ring (bicyclic) bond motifs is 1. The highest BCUT2D eigenvalue weighted by Gasteiger charge is 2.17. The van der Waals surface area contributed by atoms with Crippen molar-refractivity contribution in [2.45, 2.75) is 25.9 Å². The van der Waals surface area contributed by atoms with Crippen molar-refractivity contribution in [3.05, 3.63) is 56.7 Å². The number of carbonyl (C=O) groups excluding carboxylic acids is 1. The molecule has 11 heteroatoms. The van der Waals surface area contributed by atoms with E-state index in [9.17, 15) is 18.8 Å². The number of halogens is 1. The third-order valence-corrected chi connectivity index (χ3v) is 3.95. The van der Waals surface area contributed by atoms with E-state index in [1.54, 1.807) is 6.92 Å². The Hall–Kier alpha value is -3.47. The maximum Gasteiger partial charge on any atom is 0.337 e. The van der Waals surface area contributed by atoms with Crippen LogP contribution in [0.15, 0.2) is 33.9 Å². The van der Waals surface area contributed by atoms with Crippen molar-refractivity contribution in [2.75, 3.05) is 0 Å². The van der Waals surface area contributed by atoms with Crippen LogP contribution in [0.1, 0.15) is 19.2 Å². The molecule has 0 radical (unpaired) electrons. The molecule has 1 atom stereocenters. The van der Waals surface area contributed by atoms with Crippen molar-refractivity contribution >= 4 is 17.1 Å². The summed E-state index contributed by atoms with van der Waals surface area (Å²) in [6.07, 6.45) is 0.132. The smallest absolute Gasteiger partial charge is 0.337 e. The summed E-state index contributed by atoms with van der Waals surface area (Å²) >= 11 is 0. The van der Waals surface area contributed by atoms with Gasteiger partial charge in [0.15, 0.2) is 17.0 Å². The number of aromatic nitrogens is 5. The Morgan fingerprint density at radius 3 is 2.57 bits per heavy atom. The first kappa shape index (κ1) is 19.3. The van der Waals surface area contributed by atoms with Crippen molar-refractivity contribution in [3.63, 3.8) is 0 Å². The lowest BCUT2D eigenvalue weighted by Gasteiger charge is -2.11. The summed E-state index contributed by atoms with van der Waals surface area (Å²) < 4.78 is 15.2. The second-order valence-corrected chi connectivity index (χ2v) is 6.32. The van der Waals surface area contributed by atoms with Crippen LogP contribution in [0.3, 0.4) is 0 Å². The van der Waals surface area contributed by atoms with Gasteiger partial charge in [0.2, 0.25) is 5.91 Å². The third kappa shape index (κ3) is 3.78. The van der Waals surface area contributed by atoms with Gasteiger partial charge in [0.05, 0.1) is 12.2 Å². The second kappa shape index (κ2) is 7.64. The van der Waals surface area contributed by atoms with Gasteiger partial charge in [-0.15, -0.1) is 10.2 Å². The number of carbonyl (C=O) groups is 1. The van der Waals surface area contributed by atoms with E-state index in [2.05, 4.69) is 20.5 Å². The first-order chi connectivity index (χ1) is 13.3. The normalized spacial score (nSPS) is 12.1. The summed E-state index contributed by atoms with van der Waals surface area (Å²) in [6, 6.07) is 4.83. The van der Waals surface area contributed by atoms with Crippen molar-refractivity contribution < 1.29 is 9.18 Å². The molecule has 1 unspecified atom stereocenters. The van der Waals surface area contributed by atoms with Gasteiger partial charge in [0, 0.05) is 19.5 Å². The molecule has 0 fully saturated rings. The average molecular weight is 387 g/mol. The zero-order valence-corrected chi connectivity index (χ0v) is 15.2. The molecule has 0 spiro atoms. The summed E-state index contributed by atoms with van der Waals surface area (Å²) in [6.45, 7) is 1.65. The van der Waals surface area contributed by atoms with Gasteiger partial charge in [-0.25, -0.2) is 18.7 Å². The monoisotopic (exact) mass is 387 g/mol. The lowest BCUT2D eigenvalue weighted by Crippen LogP contribution is -2.38. The van der Waals surface area contributed by atoms with Crippen LogP contribution < -0.4 is 22.3 Å². The Kier molecular flexibility index (Phi) is 5.27. The Morgan fingerprint density at radius 2 is 1.93 bits per heavy atom. The summed E-state index contributed by atoms with van der Waals surface area (Å²) in [4.78, 5) is 40.9. The fourth-order valence-corrected chi connectivity index (χ4v) is 2.57. The average Bonchev–Trinajstić information content (AvgIpc) is 2.66. The van der Waals surface area contributed by atoms with Crippen LogP contribution in [0.4, 0.5) is 4.39 Å². The van der Waals surface area contributed by atoms with Crippen LogP contribution in [-0.2, 0) is 18.4 Å². The molecule has 0 aliphatic rings. The lowest BCUT2D eigenvalue weighted by molar-refractivity contribution is -0.121. The zero-order valence-electron chi connectivity index (χ0n) is 15.2. The largest absolute Gasteiger partial charge is 0.349 e. The highest BCUT2D eigenvalue weighted by molar-refractivity contribution is 5.76. The molecule has 1 aromatic carbocycles. The standard InChI is InChI=1S/C17H18FN7O3/c1-9(19)7-13(26)20-8-12-21-14-15(23-22-12)25(17(28)24(2)16(14)27)11-5-3-10(18)4-6-11/h3-6,9H,7-8,19H2,1-2H3,(H,20,26). The number of nitrogens with zero attached hydrogens (tertiary/aromatic N) is 5. The highest BCUT2D eigenvalue weighted by atomic mass is 19.1. The number of benzene rings is 1. The predicted molar refractivity (Wildman–Crippen MR) is 98.2 cm³/mol. The maximum atomic E-state index is 13.2. The van der Waals surface area contributed by atoms with E-state index in [0.29, 0.717) is 5.69 Å². The van der Waals surface area contributed by atoms with Crippen molar-refractivity contribution in [1.82, 2.24) is 29.6 Å². The number of nitrogens with one attached hydrogen (secondary N) is 1. The first-order valence-electron chi connectivity index (χ1n) is 8.41. The number of nitrogens with two attached hydrogens (primary N) is 1. The second-order valence-electron chi connectivity index (χ2n) is 6.32. The SMILES string of the molecule is CC(N)CC(=O)NCc1nnc2c(n1)c(=O)n(C)c(=O)n2-c1ccc(F)cc1. The van der Waals surface area contributed by atoms with Gasteiger partial charge >= 0.3 is 5.69 Å². The molecule has 3 aromatic rings. The molecule has 0 saturated carbocycles. The fraction of sp³-hybridized carbons (Fsp3) is 0.294. The van der Waals surface area contributed by atoms with E-state index in [1.807, 2.05) is 0 Å². The molecular weight excluding hydrogens is 369 g/mol. The van der Waals surface area contributed by atoms with E-state index in [-0.39, 0.29) is 41.9 Å². The molecule has 10 nitrogen and oxygen atoms in total. The third-order valence-electron chi connectivity index (χ3n) is 3.95. The molecule has 2 heterocycles. The summed E-state index contributed by atoms with van der Waals surface area (Å²) in [5, 5.41) is 10.4. The van der Waals surface area contributed by atoms with Gasteiger partial charge in [-0.1, -0.05) is 0 Å². The molecule has 28 heavy (non-hydrogen) atoms. The van der Waals surface area contributed by atoms with Crippen LogP contribution in [0.25, 0.3) is 16.9 Å². The van der Waals surface area contributed by atoms with Crippen LogP contribution in [0, 0.1) is 5.82 Å². The lowest BCUT2D eigenvalue weighted by atomic mass is 10.2. The molecule has 0 bridgehead atoms. The van der Waals surface area contributed by atoms with Crippen LogP contribution in [-0.4, -0.2) is 36.3 Å². The molecular formula is C17H18FN7O3. The maximum absolute atomic E-state index is 13.2. The van der Waals surface area contributed by atoms with E-state index >= 15 is 0 Å². The summed E-state index contributed by atoms with van der Waals surface area (Å²) in [5.74, 6) is -0.658. The van der Waals surface area contributed by atoms with Gasteiger partial charge in [-0.05, 0) is 31.2 Å². The topological polar surface area (TPSA) is 138 Å². The Labute approximate surface area is 157 Å². The summed E-state index contributed by atoms with van der Waals surface area (Å²) in [5.41, 5.74) is 4.38. The zero-order chi connectivity index (χ0) is 20.4. The van der Waals surface area contributed by atoms with E-state index in [1.165, 1.54) is 31.3 Å². The Bertz CT molecular complexity index is 1150. The van der Waals surface area contributed by atoms with Gasteiger partial charge in [-0.3, -0.25) is 14.2 Å². The number of rotatable bonds is 5. The highest BCUT2D eigenvalue weighted by Crippen LogP contribution is 2.11. The van der Waals surface area contributed by atoms with Crippen LogP contribution in [0.5, 0.6) is 0 Å². The molecule has 0 aliphatic heterocycles. The molecule has 0 saturated heterocycles. The molecule has 3 rings (SSSR count). The van der Waals surface area contributed by atoms with Gasteiger partial charge in [-0.2, -0.15) is 0 Å². The Balaban J connectivity index is 2.07. The van der Waals surface area contributed by atoms with Gasteiger partial charge in [0.25, 0.3) is 5.56 Å². The number of amides is 1. The van der Waals surface area contributed by atoms with Crippen molar-refractivity contribution in [2.24, 2.45) is 12.8 Å². The molecule has 1 amide bonds. The van der Waals surface area contributed by atoms with Gasteiger partial charge < -0.3 is 11.1 Å². The first-order valence-corrected chi connectivity index (χ1v) is 8.41. The molecule has 146 valence electrons. The number of hydrogen-bond donors (Lipinski definition) is 2. The Morgan fingerprint density at radius 1 is 1.25 bits per heavy atom. The molecule has 0 aliphatic carbocycles. The van der Waals surface area contributed by atoms with Crippen LogP contribution in [0.2, 0.25) is 0 Å². The van der Waals surface area contributed by atoms with Gasteiger partial charge in [0.1, 0.15) is 5.82 Å². The summed E-state index contributed by atoms with van der Waals surface area (Å²) in [7, 11) is 1.30. The number of hydrogen-bond acceptors (Lipinski definition) is 7. The van der Waals surface area contributed by atoms with E-state index in [0.717, 1.165) is 9.13 Å². The quantitative estimate of drug-likeness (QED) is 0.594. The van der Waals surface area contributed by atoms with Crippen molar-refractivity contribution in [3.8, 4) is 5.69 Å². The predicted octanol–water partition coefficient (Wildman–Crippen LogP) is -0.633. The molecule has 2 aromatic heterocycles. The van der Waals surface area contributed by atoms with Crippen molar-refractivity contribution in [1.29, 1.82) is 0 Å². The minimum Gasteiger partial charge on any atom is -0.349 e. The fourth-order valence-electron chi connectivity index (χ4n) is 2.57. The minimum atomic E-state index is -0.668. The van der Waals surface area contributed by atoms with Crippen LogP contribution >= 0.6 is 0 Å².